The summed E-state index contributed by atoms with van der Waals surface area (Å²) in [5, 5.41) is 8.80. The van der Waals surface area contributed by atoms with E-state index in [2.05, 4.69) is 4.74 Å². The first-order valence-electron chi connectivity index (χ1n) is 4.54. The fourth-order valence-corrected chi connectivity index (χ4v) is 0.641. The normalized spacial score (nSPS) is 14.3. The van der Waals surface area contributed by atoms with Gasteiger partial charge in [0, 0.05) is 0 Å². The van der Waals surface area contributed by atoms with Crippen LogP contribution in [0.1, 0.15) is 27.2 Å². The number of rotatable bonds is 5. The van der Waals surface area contributed by atoms with Crippen molar-refractivity contribution in [3.05, 3.63) is 0 Å². The molecule has 82 valence electrons. The number of carbonyl (C=O) groups excluding carboxylic acids is 2. The Morgan fingerprint density at radius 1 is 1.29 bits per heavy atom. The van der Waals surface area contributed by atoms with Crippen LogP contribution in [0.25, 0.3) is 0 Å². The molecule has 0 aliphatic carbocycles. The van der Waals surface area contributed by atoms with Crippen molar-refractivity contribution in [1.82, 2.24) is 0 Å². The van der Waals surface area contributed by atoms with Gasteiger partial charge in [-0.3, -0.25) is 0 Å². The Balaban J connectivity index is 3.89. The van der Waals surface area contributed by atoms with Gasteiger partial charge in [0.25, 0.3) is 0 Å². The molecule has 14 heavy (non-hydrogen) atoms. The monoisotopic (exact) mass is 204 g/mol. The number of aliphatic hydroxyl groups excluding tert-OH is 1. The van der Waals surface area contributed by atoms with Crippen LogP contribution in [-0.4, -0.2) is 35.9 Å². The molecule has 0 amide bonds. The van der Waals surface area contributed by atoms with Crippen LogP contribution in [0.3, 0.4) is 0 Å². The van der Waals surface area contributed by atoms with E-state index in [-0.39, 0.29) is 0 Å². The van der Waals surface area contributed by atoms with E-state index in [1.54, 1.807) is 0 Å². The Labute approximate surface area is 83.0 Å². The summed E-state index contributed by atoms with van der Waals surface area (Å²) in [6.45, 7) is 4.83. The smallest absolute Gasteiger partial charge is 0.347 e. The van der Waals surface area contributed by atoms with Crippen LogP contribution >= 0.6 is 0 Å². The van der Waals surface area contributed by atoms with Gasteiger partial charge in [-0.25, -0.2) is 9.59 Å². The molecule has 0 aromatic rings. The van der Waals surface area contributed by atoms with Crippen molar-refractivity contribution >= 4 is 11.9 Å². The second-order valence-corrected chi connectivity index (χ2v) is 2.92. The zero-order valence-corrected chi connectivity index (χ0v) is 8.65. The first kappa shape index (κ1) is 12.9. The highest BCUT2D eigenvalue weighted by molar-refractivity contribution is 5.80. The summed E-state index contributed by atoms with van der Waals surface area (Å²) in [4.78, 5) is 21.9. The van der Waals surface area contributed by atoms with Crippen molar-refractivity contribution in [3.63, 3.8) is 0 Å². The van der Waals surface area contributed by atoms with Gasteiger partial charge in [0.15, 0.2) is 6.10 Å². The SMILES string of the molecule is CCCOC(=O)[C@@H](C)OC(=O)[C@@H](C)O. The molecule has 5 heteroatoms. The zero-order valence-electron chi connectivity index (χ0n) is 8.65. The molecule has 0 saturated heterocycles. The number of ether oxygens (including phenoxy) is 2. The number of hydrogen-bond donors (Lipinski definition) is 1. The van der Waals surface area contributed by atoms with Crippen LogP contribution in [0.2, 0.25) is 0 Å². The maximum atomic E-state index is 11.1. The maximum Gasteiger partial charge on any atom is 0.347 e. The third-order valence-electron chi connectivity index (χ3n) is 1.41. The average molecular weight is 204 g/mol. The van der Waals surface area contributed by atoms with Crippen molar-refractivity contribution in [1.29, 1.82) is 0 Å². The van der Waals surface area contributed by atoms with Gasteiger partial charge in [-0.15, -0.1) is 0 Å². The molecule has 0 aromatic heterocycles. The summed E-state index contributed by atoms with van der Waals surface area (Å²) < 4.78 is 9.34. The van der Waals surface area contributed by atoms with Crippen LogP contribution in [0.15, 0.2) is 0 Å². The van der Waals surface area contributed by atoms with Crippen molar-refractivity contribution in [3.8, 4) is 0 Å². The number of hydrogen-bond acceptors (Lipinski definition) is 5. The van der Waals surface area contributed by atoms with E-state index in [9.17, 15) is 9.59 Å². The van der Waals surface area contributed by atoms with Crippen LogP contribution < -0.4 is 0 Å². The highest BCUT2D eigenvalue weighted by atomic mass is 16.6. The fraction of sp³-hybridized carbons (Fsp3) is 0.778. The molecule has 2 atom stereocenters. The Hall–Kier alpha value is -1.10. The second kappa shape index (κ2) is 6.37. The molecule has 0 unspecified atom stereocenters. The van der Waals surface area contributed by atoms with Crippen LogP contribution in [-0.2, 0) is 19.1 Å². The summed E-state index contributed by atoms with van der Waals surface area (Å²) >= 11 is 0. The van der Waals surface area contributed by atoms with Gasteiger partial charge < -0.3 is 14.6 Å². The van der Waals surface area contributed by atoms with Crippen molar-refractivity contribution in [2.24, 2.45) is 0 Å². The maximum absolute atomic E-state index is 11.1. The number of aliphatic hydroxyl groups is 1. The van der Waals surface area contributed by atoms with Gasteiger partial charge in [-0.2, -0.15) is 0 Å². The van der Waals surface area contributed by atoms with Gasteiger partial charge in [0.05, 0.1) is 6.61 Å². The first-order valence-corrected chi connectivity index (χ1v) is 4.54. The molecular formula is C9H16O5. The molecule has 0 rings (SSSR count). The lowest BCUT2D eigenvalue weighted by Gasteiger charge is -2.13. The minimum atomic E-state index is -1.23. The van der Waals surface area contributed by atoms with E-state index in [1.807, 2.05) is 6.92 Å². The van der Waals surface area contributed by atoms with Gasteiger partial charge in [-0.1, -0.05) is 6.92 Å². The van der Waals surface area contributed by atoms with Crippen LogP contribution in [0.4, 0.5) is 0 Å². The predicted octanol–water partition coefficient (Wildman–Crippen LogP) is 0.252. The van der Waals surface area contributed by atoms with Gasteiger partial charge in [0.2, 0.25) is 0 Å². The van der Waals surface area contributed by atoms with E-state index in [1.165, 1.54) is 13.8 Å². The quantitative estimate of drug-likeness (QED) is 0.650. The topological polar surface area (TPSA) is 72.8 Å². The molecule has 0 aliphatic heterocycles. The fourth-order valence-electron chi connectivity index (χ4n) is 0.641. The molecule has 0 aliphatic rings. The average Bonchev–Trinajstić information content (AvgIpc) is 2.13. The van der Waals surface area contributed by atoms with Gasteiger partial charge in [0.1, 0.15) is 6.10 Å². The van der Waals surface area contributed by atoms with E-state index >= 15 is 0 Å². The molecule has 0 radical (unpaired) electrons. The lowest BCUT2D eigenvalue weighted by Crippen LogP contribution is -2.30. The largest absolute Gasteiger partial charge is 0.463 e. The molecule has 0 saturated carbocycles. The summed E-state index contributed by atoms with van der Waals surface area (Å²) in [7, 11) is 0. The van der Waals surface area contributed by atoms with Crippen molar-refractivity contribution in [2.45, 2.75) is 39.4 Å². The van der Waals surface area contributed by atoms with Gasteiger partial charge >= 0.3 is 11.9 Å². The summed E-state index contributed by atoms with van der Waals surface area (Å²) in [5.41, 5.74) is 0. The molecule has 0 spiro atoms. The van der Waals surface area contributed by atoms with E-state index in [4.69, 9.17) is 9.84 Å². The third kappa shape index (κ3) is 4.81. The molecule has 0 aromatic carbocycles. The summed E-state index contributed by atoms with van der Waals surface area (Å²) in [6.07, 6.45) is -1.48. The predicted molar refractivity (Wildman–Crippen MR) is 48.5 cm³/mol. The van der Waals surface area contributed by atoms with E-state index < -0.39 is 24.1 Å². The highest BCUT2D eigenvalue weighted by Crippen LogP contribution is 1.98. The Bertz CT molecular complexity index is 199. The zero-order chi connectivity index (χ0) is 11.1. The third-order valence-corrected chi connectivity index (χ3v) is 1.41. The van der Waals surface area contributed by atoms with E-state index in [0.29, 0.717) is 13.0 Å². The standard InChI is InChI=1S/C9H16O5/c1-4-5-13-9(12)7(3)14-8(11)6(2)10/h6-7,10H,4-5H2,1-3H3/t6-,7-/m1/s1. The molecule has 0 heterocycles. The summed E-state index contributed by atoms with van der Waals surface area (Å²) in [6, 6.07) is 0. The molecule has 0 fully saturated rings. The second-order valence-electron chi connectivity index (χ2n) is 2.92. The minimum absolute atomic E-state index is 0.301. The Kier molecular flexibility index (Phi) is 5.87. The van der Waals surface area contributed by atoms with Crippen molar-refractivity contribution in [2.75, 3.05) is 6.61 Å². The lowest BCUT2D eigenvalue weighted by molar-refractivity contribution is -0.171. The lowest BCUT2D eigenvalue weighted by atomic mass is 10.4. The van der Waals surface area contributed by atoms with E-state index in [0.717, 1.165) is 0 Å². The molecule has 0 bridgehead atoms. The number of carbonyl (C=O) groups is 2. The van der Waals surface area contributed by atoms with Gasteiger partial charge in [-0.05, 0) is 20.3 Å². The van der Waals surface area contributed by atoms with Crippen LogP contribution in [0.5, 0.6) is 0 Å². The summed E-state index contributed by atoms with van der Waals surface area (Å²) in [5.74, 6) is -1.42. The molecular weight excluding hydrogens is 188 g/mol. The minimum Gasteiger partial charge on any atom is -0.463 e. The Morgan fingerprint density at radius 2 is 1.86 bits per heavy atom. The highest BCUT2D eigenvalue weighted by Gasteiger charge is 2.21. The molecule has 5 nitrogen and oxygen atoms in total. The molecule has 1 N–H and O–H groups in total. The van der Waals surface area contributed by atoms with Crippen molar-refractivity contribution < 1.29 is 24.2 Å². The number of esters is 2. The Morgan fingerprint density at radius 3 is 2.29 bits per heavy atom. The van der Waals surface area contributed by atoms with Crippen LogP contribution in [0, 0.1) is 0 Å². The first-order chi connectivity index (χ1) is 6.49.